The molecule has 0 aromatic rings. The molecule has 25 heavy (non-hydrogen) atoms. The lowest BCUT2D eigenvalue weighted by Gasteiger charge is -2.41. The number of piperidine rings is 1. The Labute approximate surface area is 156 Å². The number of halogens is 1. The average molecular weight is 397 g/mol. The standard InChI is InChI=1S/C15H28N4O4S.ClH/c1-3-18(4-2)24(22,23)12-15(21)17-8-5-6-13(11-17)19-9-7-16-10-14(19)20;/h13,16H,3-12H2,1-2H3;1H. The Morgan fingerprint density at radius 1 is 1.28 bits per heavy atom. The van der Waals surface area contributed by atoms with Gasteiger partial charge in [-0.05, 0) is 12.8 Å². The van der Waals surface area contributed by atoms with Gasteiger partial charge in [-0.1, -0.05) is 13.8 Å². The number of rotatable bonds is 6. The first-order valence-corrected chi connectivity index (χ1v) is 10.3. The highest BCUT2D eigenvalue weighted by molar-refractivity contribution is 7.89. The summed E-state index contributed by atoms with van der Waals surface area (Å²) in [5, 5.41) is 3.04. The van der Waals surface area contributed by atoms with Crippen LogP contribution in [-0.4, -0.2) is 91.9 Å². The molecule has 2 heterocycles. The van der Waals surface area contributed by atoms with Gasteiger partial charge in [-0.3, -0.25) is 9.59 Å². The van der Waals surface area contributed by atoms with E-state index in [2.05, 4.69) is 5.32 Å². The van der Waals surface area contributed by atoms with Gasteiger partial charge in [0.25, 0.3) is 0 Å². The zero-order chi connectivity index (χ0) is 17.7. The number of likely N-dealkylation sites (tertiary alicyclic amines) is 1. The van der Waals surface area contributed by atoms with E-state index in [0.29, 0.717) is 39.3 Å². The van der Waals surface area contributed by atoms with Crippen molar-refractivity contribution in [2.75, 3.05) is 51.6 Å². The second-order valence-electron chi connectivity index (χ2n) is 6.24. The fourth-order valence-corrected chi connectivity index (χ4v) is 4.86. The van der Waals surface area contributed by atoms with Crippen LogP contribution in [-0.2, 0) is 19.6 Å². The number of nitrogens with one attached hydrogen (secondary N) is 1. The molecule has 146 valence electrons. The fraction of sp³-hybridized carbons (Fsp3) is 0.867. The van der Waals surface area contributed by atoms with Gasteiger partial charge in [0, 0.05) is 45.3 Å². The third-order valence-electron chi connectivity index (χ3n) is 4.72. The van der Waals surface area contributed by atoms with Gasteiger partial charge in [-0.2, -0.15) is 0 Å². The molecule has 2 aliphatic rings. The molecule has 1 atom stereocenters. The van der Waals surface area contributed by atoms with Gasteiger partial charge in [0.05, 0.1) is 6.54 Å². The van der Waals surface area contributed by atoms with Crippen molar-refractivity contribution in [3.63, 3.8) is 0 Å². The van der Waals surface area contributed by atoms with E-state index < -0.39 is 15.8 Å². The maximum Gasteiger partial charge on any atom is 0.239 e. The number of hydrogen-bond donors (Lipinski definition) is 1. The highest BCUT2D eigenvalue weighted by Gasteiger charge is 2.33. The Morgan fingerprint density at radius 2 is 1.96 bits per heavy atom. The normalized spacial score (nSPS) is 22.0. The Morgan fingerprint density at radius 3 is 2.56 bits per heavy atom. The summed E-state index contributed by atoms with van der Waals surface area (Å²) in [6.07, 6.45) is 1.65. The SMILES string of the molecule is CCN(CC)S(=O)(=O)CC(=O)N1CCCC(N2CCNCC2=O)C1.Cl. The predicted octanol–water partition coefficient (Wildman–Crippen LogP) is -0.497. The van der Waals surface area contributed by atoms with Crippen molar-refractivity contribution in [3.8, 4) is 0 Å². The molecule has 1 unspecified atom stereocenters. The first kappa shape index (κ1) is 22.1. The van der Waals surface area contributed by atoms with Crippen LogP contribution in [0.2, 0.25) is 0 Å². The minimum absolute atomic E-state index is 0. The largest absolute Gasteiger partial charge is 0.340 e. The zero-order valence-electron chi connectivity index (χ0n) is 14.9. The Kier molecular flexibility index (Phi) is 8.59. The maximum atomic E-state index is 12.5. The lowest BCUT2D eigenvalue weighted by Crippen LogP contribution is -2.58. The van der Waals surface area contributed by atoms with Crippen LogP contribution >= 0.6 is 12.4 Å². The molecule has 2 fully saturated rings. The molecule has 2 amide bonds. The molecule has 0 aliphatic carbocycles. The highest BCUT2D eigenvalue weighted by Crippen LogP contribution is 2.18. The molecule has 2 saturated heterocycles. The van der Waals surface area contributed by atoms with Crippen LogP contribution in [0.15, 0.2) is 0 Å². The maximum absolute atomic E-state index is 12.5. The second-order valence-corrected chi connectivity index (χ2v) is 8.21. The average Bonchev–Trinajstić information content (AvgIpc) is 2.55. The summed E-state index contributed by atoms with van der Waals surface area (Å²) < 4.78 is 25.9. The van der Waals surface area contributed by atoms with Gasteiger partial charge in [0.15, 0.2) is 0 Å². The summed E-state index contributed by atoms with van der Waals surface area (Å²) in [6.45, 7) is 6.98. The Bertz CT molecular complexity index is 568. The van der Waals surface area contributed by atoms with Crippen LogP contribution in [0, 0.1) is 0 Å². The summed E-state index contributed by atoms with van der Waals surface area (Å²) in [4.78, 5) is 27.9. The first-order valence-electron chi connectivity index (χ1n) is 8.64. The molecular formula is C15H29ClN4O4S. The molecule has 8 nitrogen and oxygen atoms in total. The summed E-state index contributed by atoms with van der Waals surface area (Å²) in [7, 11) is -3.57. The molecule has 0 aromatic carbocycles. The van der Waals surface area contributed by atoms with E-state index in [0.717, 1.165) is 19.4 Å². The molecule has 1 N–H and O–H groups in total. The van der Waals surface area contributed by atoms with Crippen molar-refractivity contribution in [1.82, 2.24) is 19.4 Å². The van der Waals surface area contributed by atoms with Gasteiger partial charge < -0.3 is 15.1 Å². The van der Waals surface area contributed by atoms with E-state index in [-0.39, 0.29) is 30.3 Å². The Hall–Kier alpha value is -0.900. The van der Waals surface area contributed by atoms with Crippen molar-refractivity contribution in [2.24, 2.45) is 0 Å². The third-order valence-corrected chi connectivity index (χ3v) is 6.64. The highest BCUT2D eigenvalue weighted by atomic mass is 35.5. The topological polar surface area (TPSA) is 90.0 Å². The molecule has 2 rings (SSSR count). The predicted molar refractivity (Wildman–Crippen MR) is 98.1 cm³/mol. The van der Waals surface area contributed by atoms with E-state index in [1.54, 1.807) is 18.7 Å². The third kappa shape index (κ3) is 5.54. The zero-order valence-corrected chi connectivity index (χ0v) is 16.6. The van der Waals surface area contributed by atoms with E-state index >= 15 is 0 Å². The van der Waals surface area contributed by atoms with E-state index in [1.165, 1.54) is 4.31 Å². The summed E-state index contributed by atoms with van der Waals surface area (Å²) >= 11 is 0. The monoisotopic (exact) mass is 396 g/mol. The van der Waals surface area contributed by atoms with Crippen LogP contribution in [0.4, 0.5) is 0 Å². The van der Waals surface area contributed by atoms with E-state index in [9.17, 15) is 18.0 Å². The molecule has 2 aliphatic heterocycles. The molecule has 0 radical (unpaired) electrons. The number of amides is 2. The van der Waals surface area contributed by atoms with Gasteiger partial charge in [-0.25, -0.2) is 12.7 Å². The molecule has 10 heteroatoms. The van der Waals surface area contributed by atoms with E-state index in [1.807, 2.05) is 4.90 Å². The van der Waals surface area contributed by atoms with Gasteiger partial charge >= 0.3 is 0 Å². The number of sulfonamides is 1. The number of carbonyl (C=O) groups is 2. The molecule has 0 spiro atoms. The second kappa shape index (κ2) is 9.70. The van der Waals surface area contributed by atoms with Gasteiger partial charge in [0.1, 0.15) is 5.75 Å². The van der Waals surface area contributed by atoms with Crippen LogP contribution in [0.5, 0.6) is 0 Å². The van der Waals surface area contributed by atoms with Crippen LogP contribution < -0.4 is 5.32 Å². The molecule has 0 bridgehead atoms. The van der Waals surface area contributed by atoms with Crippen molar-refractivity contribution in [1.29, 1.82) is 0 Å². The van der Waals surface area contributed by atoms with Crippen molar-refractivity contribution < 1.29 is 18.0 Å². The minimum atomic E-state index is -3.57. The lowest BCUT2D eigenvalue weighted by molar-refractivity contribution is -0.139. The molecular weight excluding hydrogens is 368 g/mol. The van der Waals surface area contributed by atoms with Crippen molar-refractivity contribution in [2.45, 2.75) is 32.7 Å². The smallest absolute Gasteiger partial charge is 0.239 e. The van der Waals surface area contributed by atoms with Crippen molar-refractivity contribution in [3.05, 3.63) is 0 Å². The minimum Gasteiger partial charge on any atom is -0.340 e. The number of piperazine rings is 1. The summed E-state index contributed by atoms with van der Waals surface area (Å²) in [6, 6.07) is -0.00606. The molecule has 0 aromatic heterocycles. The summed E-state index contributed by atoms with van der Waals surface area (Å²) in [5.74, 6) is -0.804. The fourth-order valence-electron chi connectivity index (χ4n) is 3.40. The van der Waals surface area contributed by atoms with Crippen LogP contribution in [0.3, 0.4) is 0 Å². The van der Waals surface area contributed by atoms with Crippen LogP contribution in [0.1, 0.15) is 26.7 Å². The number of hydrogen-bond acceptors (Lipinski definition) is 5. The van der Waals surface area contributed by atoms with Gasteiger partial charge in [0.2, 0.25) is 21.8 Å². The van der Waals surface area contributed by atoms with Crippen LogP contribution in [0.25, 0.3) is 0 Å². The van der Waals surface area contributed by atoms with E-state index in [4.69, 9.17) is 0 Å². The van der Waals surface area contributed by atoms with Crippen molar-refractivity contribution >= 4 is 34.2 Å². The quantitative estimate of drug-likeness (QED) is 0.653. The molecule has 0 saturated carbocycles. The Balaban J connectivity index is 0.00000312. The lowest BCUT2D eigenvalue weighted by atomic mass is 10.0. The first-order chi connectivity index (χ1) is 11.4. The van der Waals surface area contributed by atoms with Gasteiger partial charge in [-0.15, -0.1) is 12.4 Å². The number of carbonyl (C=O) groups excluding carboxylic acids is 2. The number of nitrogens with zero attached hydrogens (tertiary/aromatic N) is 3. The summed E-state index contributed by atoms with van der Waals surface area (Å²) in [5.41, 5.74) is 0.